The molecular weight excluding hydrogens is 478 g/mol. The number of hydrogen-bond acceptors (Lipinski definition) is 3. The van der Waals surface area contributed by atoms with Crippen LogP contribution < -0.4 is 10.2 Å². The molecule has 1 fully saturated rings. The molecule has 1 saturated carbocycles. The Bertz CT molecular complexity index is 927. The molecule has 1 aliphatic carbocycles. The van der Waals surface area contributed by atoms with Gasteiger partial charge in [-0.2, -0.15) is 0 Å². The summed E-state index contributed by atoms with van der Waals surface area (Å²) in [7, 11) is 0. The van der Waals surface area contributed by atoms with E-state index in [1.807, 2.05) is 4.90 Å². The number of hydrogen-bond donors (Lipinski definition) is 2. The van der Waals surface area contributed by atoms with Crippen molar-refractivity contribution in [3.8, 4) is 0 Å². The van der Waals surface area contributed by atoms with Crippen LogP contribution in [0.4, 0.5) is 14.5 Å². The van der Waals surface area contributed by atoms with Crippen LogP contribution in [0.15, 0.2) is 27.9 Å². The van der Waals surface area contributed by atoms with Crippen molar-refractivity contribution in [2.75, 3.05) is 24.5 Å². The number of carbonyl (C=O) groups excluding carboxylic acids is 1. The van der Waals surface area contributed by atoms with Crippen molar-refractivity contribution in [3.05, 3.63) is 39.0 Å². The average molecular weight is 509 g/mol. The number of aryl methyl sites for hydroxylation is 1. The zero-order valence-electron chi connectivity index (χ0n) is 18.5. The van der Waals surface area contributed by atoms with E-state index in [0.717, 1.165) is 42.5 Å². The van der Waals surface area contributed by atoms with E-state index < -0.39 is 6.43 Å². The first-order chi connectivity index (χ1) is 15.3. The highest BCUT2D eigenvalue weighted by molar-refractivity contribution is 9.10. The largest absolute Gasteiger partial charge is 0.385 e. The van der Waals surface area contributed by atoms with Crippen LogP contribution in [0.5, 0.6) is 0 Å². The minimum absolute atomic E-state index is 0.00465. The zero-order valence-corrected chi connectivity index (χ0v) is 20.1. The summed E-state index contributed by atoms with van der Waals surface area (Å²) in [5, 5.41) is 12.8. The summed E-state index contributed by atoms with van der Waals surface area (Å²) in [5.41, 5.74) is 3.46. The van der Waals surface area contributed by atoms with Gasteiger partial charge in [0.05, 0.1) is 6.54 Å². The number of amides is 1. The Morgan fingerprint density at radius 2 is 1.91 bits per heavy atom. The van der Waals surface area contributed by atoms with Gasteiger partial charge in [-0.1, -0.05) is 35.2 Å². The van der Waals surface area contributed by atoms with E-state index >= 15 is 0 Å². The van der Waals surface area contributed by atoms with E-state index in [0.29, 0.717) is 48.1 Å². The highest BCUT2D eigenvalue weighted by Crippen LogP contribution is 2.38. The number of rotatable bonds is 4. The molecule has 1 aromatic carbocycles. The minimum Gasteiger partial charge on any atom is -0.385 e. The predicted molar refractivity (Wildman–Crippen MR) is 126 cm³/mol. The van der Waals surface area contributed by atoms with Crippen molar-refractivity contribution in [1.29, 1.82) is 5.41 Å². The molecule has 0 unspecified atom stereocenters. The lowest BCUT2D eigenvalue weighted by molar-refractivity contribution is -0.128. The van der Waals surface area contributed by atoms with Crippen LogP contribution in [-0.2, 0) is 11.2 Å². The fourth-order valence-electron chi connectivity index (χ4n) is 5.08. The second kappa shape index (κ2) is 9.89. The van der Waals surface area contributed by atoms with E-state index in [-0.39, 0.29) is 11.5 Å². The second-order valence-electron chi connectivity index (χ2n) is 9.03. The molecule has 174 valence electrons. The topological polar surface area (TPSA) is 59.4 Å². The van der Waals surface area contributed by atoms with Gasteiger partial charge >= 0.3 is 0 Å². The molecule has 0 radical (unpaired) electrons. The van der Waals surface area contributed by atoms with Crippen LogP contribution in [0.1, 0.15) is 69.4 Å². The molecule has 0 bridgehead atoms. The van der Waals surface area contributed by atoms with E-state index in [1.165, 1.54) is 25.3 Å². The van der Waals surface area contributed by atoms with E-state index in [4.69, 9.17) is 5.41 Å². The molecule has 0 aromatic heterocycles. The SMILES string of the molecule is CC(=O)N1CCC(NC2CCCCC2)=C(C(=N)N2CCCc3cc(Br)c(C(F)F)cc32)C1. The number of alkyl halides is 2. The highest BCUT2D eigenvalue weighted by atomic mass is 79.9. The van der Waals surface area contributed by atoms with Crippen molar-refractivity contribution >= 4 is 33.4 Å². The molecular formula is C24H31BrF2N4O. The molecule has 1 aromatic rings. The Morgan fingerprint density at radius 3 is 2.59 bits per heavy atom. The van der Waals surface area contributed by atoms with Crippen LogP contribution in [-0.4, -0.2) is 42.3 Å². The van der Waals surface area contributed by atoms with Crippen molar-refractivity contribution < 1.29 is 13.6 Å². The molecule has 5 nitrogen and oxygen atoms in total. The molecule has 2 aliphatic heterocycles. The van der Waals surface area contributed by atoms with Gasteiger partial charge in [-0.05, 0) is 43.4 Å². The number of amidine groups is 1. The van der Waals surface area contributed by atoms with Crippen LogP contribution in [0.25, 0.3) is 0 Å². The average Bonchev–Trinajstić information content (AvgIpc) is 2.78. The Hall–Kier alpha value is -1.96. The summed E-state index contributed by atoms with van der Waals surface area (Å²) in [5.74, 6) is 0.313. The first-order valence-electron chi connectivity index (χ1n) is 11.6. The van der Waals surface area contributed by atoms with Crippen LogP contribution >= 0.6 is 15.9 Å². The molecule has 32 heavy (non-hydrogen) atoms. The fraction of sp³-hybridized carbons (Fsp3) is 0.583. The standard InChI is InChI=1S/C24H31BrF2N4O/c1-15(32)30-11-9-21(29-17-7-3-2-4-8-17)19(14-30)24(28)31-10-5-6-16-12-20(25)18(23(26)27)13-22(16)31/h12-13,17,23,28-29H,2-11,14H2,1H3. The second-order valence-corrected chi connectivity index (χ2v) is 9.89. The molecule has 0 spiro atoms. The quantitative estimate of drug-likeness (QED) is 0.414. The van der Waals surface area contributed by atoms with Crippen LogP contribution in [0.3, 0.4) is 0 Å². The van der Waals surface area contributed by atoms with Gasteiger partial charge in [-0.15, -0.1) is 0 Å². The summed E-state index contributed by atoms with van der Waals surface area (Å²) >= 11 is 3.28. The molecule has 1 amide bonds. The van der Waals surface area contributed by atoms with E-state index in [9.17, 15) is 13.6 Å². The Labute approximate surface area is 196 Å². The predicted octanol–water partition coefficient (Wildman–Crippen LogP) is 5.55. The number of anilines is 1. The van der Waals surface area contributed by atoms with Crippen molar-refractivity contribution in [2.45, 2.75) is 70.8 Å². The monoisotopic (exact) mass is 508 g/mol. The molecule has 4 rings (SSSR count). The maximum absolute atomic E-state index is 13.6. The van der Waals surface area contributed by atoms with Crippen LogP contribution in [0, 0.1) is 5.41 Å². The fourth-order valence-corrected chi connectivity index (χ4v) is 5.65. The van der Waals surface area contributed by atoms with Gasteiger partial charge in [0.2, 0.25) is 5.91 Å². The summed E-state index contributed by atoms with van der Waals surface area (Å²) in [6.45, 7) is 3.19. The third-order valence-corrected chi connectivity index (χ3v) is 7.57. The molecule has 0 saturated heterocycles. The molecule has 8 heteroatoms. The van der Waals surface area contributed by atoms with Crippen molar-refractivity contribution in [1.82, 2.24) is 10.2 Å². The number of benzene rings is 1. The maximum atomic E-state index is 13.6. The normalized spacial score (nSPS) is 19.9. The Morgan fingerprint density at radius 1 is 1.16 bits per heavy atom. The number of nitrogens with one attached hydrogen (secondary N) is 2. The summed E-state index contributed by atoms with van der Waals surface area (Å²) in [6, 6.07) is 3.70. The van der Waals surface area contributed by atoms with Crippen molar-refractivity contribution in [3.63, 3.8) is 0 Å². The molecule has 2 N–H and O–H groups in total. The van der Waals surface area contributed by atoms with Crippen LogP contribution in [0.2, 0.25) is 0 Å². The Kier molecular flexibility index (Phi) is 7.17. The van der Waals surface area contributed by atoms with E-state index in [1.54, 1.807) is 17.9 Å². The number of fused-ring (bicyclic) bond motifs is 1. The summed E-state index contributed by atoms with van der Waals surface area (Å²) < 4.78 is 27.6. The number of halogens is 3. The highest BCUT2D eigenvalue weighted by Gasteiger charge is 2.31. The van der Waals surface area contributed by atoms with Gasteiger partial charge in [0.25, 0.3) is 6.43 Å². The number of nitrogens with zero attached hydrogens (tertiary/aromatic N) is 2. The molecule has 0 atom stereocenters. The third kappa shape index (κ3) is 4.85. The lowest BCUT2D eigenvalue weighted by Gasteiger charge is -2.38. The first-order valence-corrected chi connectivity index (χ1v) is 12.4. The van der Waals surface area contributed by atoms with Gasteiger partial charge in [0, 0.05) is 59.5 Å². The number of carbonyl (C=O) groups is 1. The van der Waals surface area contributed by atoms with Gasteiger partial charge in [0.15, 0.2) is 0 Å². The summed E-state index contributed by atoms with van der Waals surface area (Å²) in [4.78, 5) is 15.7. The van der Waals surface area contributed by atoms with Gasteiger partial charge in [0.1, 0.15) is 5.84 Å². The first kappa shape index (κ1) is 23.2. The van der Waals surface area contributed by atoms with Gasteiger partial charge in [-0.3, -0.25) is 10.2 Å². The van der Waals surface area contributed by atoms with Gasteiger partial charge < -0.3 is 15.1 Å². The smallest absolute Gasteiger partial charge is 0.265 e. The van der Waals surface area contributed by atoms with E-state index in [2.05, 4.69) is 21.2 Å². The van der Waals surface area contributed by atoms with Crippen molar-refractivity contribution in [2.24, 2.45) is 0 Å². The Balaban J connectivity index is 1.68. The third-order valence-electron chi connectivity index (χ3n) is 6.88. The zero-order chi connectivity index (χ0) is 22.8. The van der Waals surface area contributed by atoms with Gasteiger partial charge in [-0.25, -0.2) is 8.78 Å². The summed E-state index contributed by atoms with van der Waals surface area (Å²) in [6.07, 6.45) is 5.69. The maximum Gasteiger partial charge on any atom is 0.265 e. The lowest BCUT2D eigenvalue weighted by atomic mass is 9.93. The lowest BCUT2D eigenvalue weighted by Crippen LogP contribution is -2.46. The molecule has 2 heterocycles. The minimum atomic E-state index is -2.58. The molecule has 3 aliphatic rings.